The van der Waals surface area contributed by atoms with E-state index in [1.54, 1.807) is 19.1 Å². The smallest absolute Gasteiger partial charge is 0.253 e. The van der Waals surface area contributed by atoms with Crippen LogP contribution in [-0.2, 0) is 4.79 Å². The van der Waals surface area contributed by atoms with Crippen LogP contribution in [0.2, 0.25) is 0 Å². The molecule has 4 heteroatoms. The van der Waals surface area contributed by atoms with Gasteiger partial charge in [0.1, 0.15) is 11.7 Å². The molecule has 0 saturated heterocycles. The number of carbonyl (C=O) groups excluding carboxylic acids is 1. The number of halogens is 1. The molecule has 1 atom stereocenters. The first-order chi connectivity index (χ1) is 6.68. The van der Waals surface area contributed by atoms with Crippen molar-refractivity contribution in [1.82, 2.24) is 5.43 Å². The summed E-state index contributed by atoms with van der Waals surface area (Å²) >= 11 is 0. The van der Waals surface area contributed by atoms with Crippen LogP contribution in [0.15, 0.2) is 29.4 Å². The van der Waals surface area contributed by atoms with Gasteiger partial charge in [-0.3, -0.25) is 4.79 Å². The molecule has 1 aliphatic heterocycles. The van der Waals surface area contributed by atoms with Crippen molar-refractivity contribution in [3.63, 3.8) is 0 Å². The molecule has 72 valence electrons. The van der Waals surface area contributed by atoms with Crippen LogP contribution in [-0.4, -0.2) is 11.6 Å². The van der Waals surface area contributed by atoms with E-state index in [0.29, 0.717) is 5.71 Å². The maximum Gasteiger partial charge on any atom is 0.253 e. The molecule has 3 nitrogen and oxygen atoms in total. The van der Waals surface area contributed by atoms with Gasteiger partial charge in [0.25, 0.3) is 5.91 Å². The zero-order valence-electron chi connectivity index (χ0n) is 7.62. The fourth-order valence-corrected chi connectivity index (χ4v) is 1.51. The zero-order chi connectivity index (χ0) is 10.1. The summed E-state index contributed by atoms with van der Waals surface area (Å²) in [5, 5.41) is 3.82. The van der Waals surface area contributed by atoms with Crippen molar-refractivity contribution in [2.24, 2.45) is 5.10 Å². The summed E-state index contributed by atoms with van der Waals surface area (Å²) in [6.45, 7) is 1.77. The summed E-state index contributed by atoms with van der Waals surface area (Å²) in [5.74, 6) is -0.827. The Bertz CT molecular complexity index is 397. The van der Waals surface area contributed by atoms with E-state index in [1.165, 1.54) is 12.1 Å². The van der Waals surface area contributed by atoms with Gasteiger partial charge in [-0.05, 0) is 24.6 Å². The van der Waals surface area contributed by atoms with Gasteiger partial charge in [0.05, 0.1) is 5.71 Å². The Morgan fingerprint density at radius 2 is 2.00 bits per heavy atom. The first-order valence-electron chi connectivity index (χ1n) is 4.28. The normalized spacial score (nSPS) is 20.6. The number of benzene rings is 1. The summed E-state index contributed by atoms with van der Waals surface area (Å²) in [6.07, 6.45) is 0. The van der Waals surface area contributed by atoms with E-state index in [0.717, 1.165) is 5.56 Å². The first kappa shape index (κ1) is 8.87. The molecule has 1 aromatic carbocycles. The minimum Gasteiger partial charge on any atom is -0.272 e. The van der Waals surface area contributed by atoms with E-state index < -0.39 is 0 Å². The molecule has 1 N–H and O–H groups in total. The largest absolute Gasteiger partial charge is 0.272 e. The van der Waals surface area contributed by atoms with E-state index in [-0.39, 0.29) is 17.6 Å². The van der Waals surface area contributed by atoms with Gasteiger partial charge in [0, 0.05) is 0 Å². The number of amides is 1. The number of nitrogens with zero attached hydrogens (tertiary/aromatic N) is 1. The molecule has 0 spiro atoms. The summed E-state index contributed by atoms with van der Waals surface area (Å²) in [4.78, 5) is 11.4. The molecule has 0 radical (unpaired) electrons. The fraction of sp³-hybridized carbons (Fsp3) is 0.200. The van der Waals surface area contributed by atoms with Crippen molar-refractivity contribution < 1.29 is 9.18 Å². The quantitative estimate of drug-likeness (QED) is 0.718. The van der Waals surface area contributed by atoms with Crippen molar-refractivity contribution >= 4 is 11.6 Å². The molecule has 1 amide bonds. The highest BCUT2D eigenvalue weighted by Gasteiger charge is 2.28. The van der Waals surface area contributed by atoms with Crippen LogP contribution in [0.5, 0.6) is 0 Å². The summed E-state index contributed by atoms with van der Waals surface area (Å²) < 4.78 is 12.6. The third-order valence-electron chi connectivity index (χ3n) is 2.23. The zero-order valence-corrected chi connectivity index (χ0v) is 7.62. The van der Waals surface area contributed by atoms with Gasteiger partial charge < -0.3 is 0 Å². The van der Waals surface area contributed by atoms with E-state index in [4.69, 9.17) is 0 Å². The number of rotatable bonds is 1. The Labute approximate surface area is 80.6 Å². The number of hydrogen-bond donors (Lipinski definition) is 1. The van der Waals surface area contributed by atoms with Crippen molar-refractivity contribution in [3.05, 3.63) is 35.6 Å². The molecular formula is C10H9FN2O. The summed E-state index contributed by atoms with van der Waals surface area (Å²) in [7, 11) is 0. The van der Waals surface area contributed by atoms with Gasteiger partial charge in [-0.25, -0.2) is 9.82 Å². The van der Waals surface area contributed by atoms with Gasteiger partial charge in [0.15, 0.2) is 0 Å². The van der Waals surface area contributed by atoms with Crippen LogP contribution < -0.4 is 5.43 Å². The molecule has 14 heavy (non-hydrogen) atoms. The SMILES string of the molecule is CC1=NNC(=O)C1c1ccc(F)cc1. The van der Waals surface area contributed by atoms with Crippen LogP contribution in [0.25, 0.3) is 0 Å². The highest BCUT2D eigenvalue weighted by molar-refractivity contribution is 6.11. The second kappa shape index (κ2) is 3.21. The maximum atomic E-state index is 12.6. The van der Waals surface area contributed by atoms with Crippen molar-refractivity contribution in [1.29, 1.82) is 0 Å². The van der Waals surface area contributed by atoms with E-state index in [9.17, 15) is 9.18 Å². The van der Waals surface area contributed by atoms with Crippen LogP contribution in [0.4, 0.5) is 4.39 Å². The molecule has 1 heterocycles. The van der Waals surface area contributed by atoms with E-state index in [1.807, 2.05) is 0 Å². The average molecular weight is 192 g/mol. The van der Waals surface area contributed by atoms with Crippen molar-refractivity contribution in [3.8, 4) is 0 Å². The summed E-state index contributed by atoms with van der Waals surface area (Å²) in [5.41, 5.74) is 3.86. The average Bonchev–Trinajstić information content (AvgIpc) is 2.49. The third kappa shape index (κ3) is 1.39. The van der Waals surface area contributed by atoms with Crippen LogP contribution in [0.1, 0.15) is 18.4 Å². The van der Waals surface area contributed by atoms with Gasteiger partial charge in [0.2, 0.25) is 0 Å². The molecular weight excluding hydrogens is 183 g/mol. The second-order valence-corrected chi connectivity index (χ2v) is 3.21. The molecule has 0 saturated carbocycles. The lowest BCUT2D eigenvalue weighted by Gasteiger charge is -2.07. The Kier molecular flexibility index (Phi) is 2.04. The predicted octanol–water partition coefficient (Wildman–Crippen LogP) is 1.42. The molecule has 1 unspecified atom stereocenters. The molecule has 0 aliphatic carbocycles. The van der Waals surface area contributed by atoms with E-state index >= 15 is 0 Å². The maximum absolute atomic E-state index is 12.6. The van der Waals surface area contributed by atoms with Crippen LogP contribution in [0.3, 0.4) is 0 Å². The Balaban J connectivity index is 2.35. The minimum atomic E-state index is -0.365. The molecule has 0 aromatic heterocycles. The van der Waals surface area contributed by atoms with Crippen LogP contribution in [0, 0.1) is 5.82 Å². The highest BCUT2D eigenvalue weighted by atomic mass is 19.1. The second-order valence-electron chi connectivity index (χ2n) is 3.21. The molecule has 2 rings (SSSR count). The van der Waals surface area contributed by atoms with Gasteiger partial charge in [-0.15, -0.1) is 0 Å². The van der Waals surface area contributed by atoms with Crippen molar-refractivity contribution in [2.45, 2.75) is 12.8 Å². The third-order valence-corrected chi connectivity index (χ3v) is 2.23. The fourth-order valence-electron chi connectivity index (χ4n) is 1.51. The standard InChI is InChI=1S/C10H9FN2O/c1-6-9(10(14)13-12-6)7-2-4-8(11)5-3-7/h2-5,9H,1H3,(H,13,14). The lowest BCUT2D eigenvalue weighted by atomic mass is 9.95. The minimum absolute atomic E-state index is 0.158. The Hall–Kier alpha value is -1.71. The van der Waals surface area contributed by atoms with E-state index in [2.05, 4.69) is 10.5 Å². The lowest BCUT2D eigenvalue weighted by molar-refractivity contribution is -0.120. The number of nitrogens with one attached hydrogen (secondary N) is 1. The van der Waals surface area contributed by atoms with Gasteiger partial charge in [-0.1, -0.05) is 12.1 Å². The van der Waals surface area contributed by atoms with Crippen LogP contribution >= 0.6 is 0 Å². The first-order valence-corrected chi connectivity index (χ1v) is 4.28. The lowest BCUT2D eigenvalue weighted by Crippen LogP contribution is -2.20. The number of hydrazone groups is 1. The monoisotopic (exact) mass is 192 g/mol. The molecule has 1 aromatic rings. The Morgan fingerprint density at radius 1 is 1.36 bits per heavy atom. The molecule has 0 fully saturated rings. The highest BCUT2D eigenvalue weighted by Crippen LogP contribution is 2.21. The molecule has 0 bridgehead atoms. The predicted molar refractivity (Wildman–Crippen MR) is 50.4 cm³/mol. The topological polar surface area (TPSA) is 41.5 Å². The van der Waals surface area contributed by atoms with Gasteiger partial charge >= 0.3 is 0 Å². The molecule has 1 aliphatic rings. The van der Waals surface area contributed by atoms with Gasteiger partial charge in [-0.2, -0.15) is 5.10 Å². The Morgan fingerprint density at radius 3 is 2.50 bits per heavy atom. The number of hydrogen-bond acceptors (Lipinski definition) is 2. The number of carbonyl (C=O) groups is 1. The summed E-state index contributed by atoms with van der Waals surface area (Å²) in [6, 6.07) is 5.89. The van der Waals surface area contributed by atoms with Crippen molar-refractivity contribution in [2.75, 3.05) is 0 Å².